The molecule has 2 heterocycles. The zero-order valence-electron chi connectivity index (χ0n) is 12.4. The summed E-state index contributed by atoms with van der Waals surface area (Å²) in [6.07, 6.45) is 3.68. The quantitative estimate of drug-likeness (QED) is 0.829. The Morgan fingerprint density at radius 2 is 1.72 bits per heavy atom. The van der Waals surface area contributed by atoms with E-state index in [1.165, 1.54) is 32.4 Å². The molecule has 106 valence electrons. The number of hydrogen-bond acceptors (Lipinski definition) is 3. The molecule has 0 aromatic rings. The monoisotopic (exact) mass is 254 g/mol. The van der Waals surface area contributed by atoms with Gasteiger partial charge in [-0.2, -0.15) is 0 Å². The molecular formula is C15H30N2O. The number of rotatable bonds is 4. The molecule has 2 aliphatic rings. The van der Waals surface area contributed by atoms with Crippen molar-refractivity contribution in [3.05, 3.63) is 0 Å². The lowest BCUT2D eigenvalue weighted by Crippen LogP contribution is -2.42. The van der Waals surface area contributed by atoms with E-state index in [4.69, 9.17) is 0 Å². The van der Waals surface area contributed by atoms with Crippen molar-refractivity contribution in [1.29, 1.82) is 0 Å². The van der Waals surface area contributed by atoms with Crippen molar-refractivity contribution in [2.75, 3.05) is 39.3 Å². The normalized spacial score (nSPS) is 28.7. The summed E-state index contributed by atoms with van der Waals surface area (Å²) in [5.41, 5.74) is 0.445. The number of likely N-dealkylation sites (tertiary alicyclic amines) is 2. The first-order valence-electron chi connectivity index (χ1n) is 7.57. The van der Waals surface area contributed by atoms with Crippen molar-refractivity contribution >= 4 is 0 Å². The summed E-state index contributed by atoms with van der Waals surface area (Å²) in [7, 11) is 0. The number of aliphatic hydroxyl groups is 1. The lowest BCUT2D eigenvalue weighted by molar-refractivity contribution is 0.0652. The standard InChI is InChI=1S/C15H30N2O/c1-13-4-7-16(8-5-13)10-14(18)11-17-9-6-15(2,3)12-17/h13-14,18H,4-12H2,1-3H3. The van der Waals surface area contributed by atoms with Gasteiger partial charge >= 0.3 is 0 Å². The van der Waals surface area contributed by atoms with Crippen LogP contribution in [0.3, 0.4) is 0 Å². The van der Waals surface area contributed by atoms with Gasteiger partial charge < -0.3 is 14.9 Å². The van der Waals surface area contributed by atoms with E-state index in [-0.39, 0.29) is 6.10 Å². The highest BCUT2D eigenvalue weighted by Crippen LogP contribution is 2.28. The number of aliphatic hydroxyl groups excluding tert-OH is 1. The molecule has 0 aromatic carbocycles. The van der Waals surface area contributed by atoms with E-state index in [2.05, 4.69) is 30.6 Å². The Kier molecular flexibility index (Phi) is 4.68. The van der Waals surface area contributed by atoms with Gasteiger partial charge in [0.15, 0.2) is 0 Å². The van der Waals surface area contributed by atoms with Crippen LogP contribution in [0.2, 0.25) is 0 Å². The molecule has 2 rings (SSSR count). The van der Waals surface area contributed by atoms with Crippen LogP contribution in [-0.2, 0) is 0 Å². The molecule has 3 heteroatoms. The van der Waals surface area contributed by atoms with Crippen molar-refractivity contribution < 1.29 is 5.11 Å². The molecule has 0 bridgehead atoms. The largest absolute Gasteiger partial charge is 0.390 e. The van der Waals surface area contributed by atoms with Crippen molar-refractivity contribution in [2.24, 2.45) is 11.3 Å². The van der Waals surface area contributed by atoms with E-state index in [1.807, 2.05) is 0 Å². The third-order valence-electron chi connectivity index (χ3n) is 4.57. The Hall–Kier alpha value is -0.120. The molecule has 0 radical (unpaired) electrons. The van der Waals surface area contributed by atoms with Gasteiger partial charge in [-0.15, -0.1) is 0 Å². The molecule has 0 saturated carbocycles. The third kappa shape index (κ3) is 4.22. The molecule has 2 saturated heterocycles. The van der Waals surface area contributed by atoms with Crippen molar-refractivity contribution in [3.8, 4) is 0 Å². The summed E-state index contributed by atoms with van der Waals surface area (Å²) < 4.78 is 0. The van der Waals surface area contributed by atoms with Gasteiger partial charge in [0.25, 0.3) is 0 Å². The van der Waals surface area contributed by atoms with Gasteiger partial charge in [-0.1, -0.05) is 20.8 Å². The van der Waals surface area contributed by atoms with Crippen molar-refractivity contribution in [3.63, 3.8) is 0 Å². The molecule has 1 unspecified atom stereocenters. The highest BCUT2D eigenvalue weighted by Gasteiger charge is 2.30. The van der Waals surface area contributed by atoms with Gasteiger partial charge in [0.2, 0.25) is 0 Å². The molecule has 2 aliphatic heterocycles. The van der Waals surface area contributed by atoms with Crippen LogP contribution in [0.25, 0.3) is 0 Å². The molecular weight excluding hydrogens is 224 g/mol. The van der Waals surface area contributed by atoms with Gasteiger partial charge in [0, 0.05) is 19.6 Å². The van der Waals surface area contributed by atoms with Crippen LogP contribution in [0.15, 0.2) is 0 Å². The first-order valence-corrected chi connectivity index (χ1v) is 7.57. The summed E-state index contributed by atoms with van der Waals surface area (Å²) in [5, 5.41) is 10.2. The molecule has 1 atom stereocenters. The molecule has 3 nitrogen and oxygen atoms in total. The Morgan fingerprint density at radius 3 is 2.28 bits per heavy atom. The summed E-state index contributed by atoms with van der Waals surface area (Å²) >= 11 is 0. The van der Waals surface area contributed by atoms with Gasteiger partial charge in [0.1, 0.15) is 0 Å². The molecule has 1 N–H and O–H groups in total. The minimum absolute atomic E-state index is 0.174. The van der Waals surface area contributed by atoms with Crippen LogP contribution >= 0.6 is 0 Å². The summed E-state index contributed by atoms with van der Waals surface area (Å²) in [4.78, 5) is 4.86. The van der Waals surface area contributed by atoms with Crippen LogP contribution in [0, 0.1) is 11.3 Å². The maximum Gasteiger partial charge on any atom is 0.0793 e. The lowest BCUT2D eigenvalue weighted by atomic mass is 9.93. The van der Waals surface area contributed by atoms with Crippen molar-refractivity contribution in [1.82, 2.24) is 9.80 Å². The summed E-state index contributed by atoms with van der Waals surface area (Å²) in [6.45, 7) is 13.3. The third-order valence-corrected chi connectivity index (χ3v) is 4.57. The molecule has 2 fully saturated rings. The average molecular weight is 254 g/mol. The smallest absolute Gasteiger partial charge is 0.0793 e. The lowest BCUT2D eigenvalue weighted by Gasteiger charge is -2.32. The Labute approximate surface area is 112 Å². The van der Waals surface area contributed by atoms with Crippen LogP contribution in [0.1, 0.15) is 40.0 Å². The van der Waals surface area contributed by atoms with E-state index in [1.54, 1.807) is 0 Å². The number of piperidine rings is 1. The molecule has 0 aliphatic carbocycles. The highest BCUT2D eigenvalue weighted by molar-refractivity contribution is 4.84. The van der Waals surface area contributed by atoms with Gasteiger partial charge in [-0.3, -0.25) is 0 Å². The number of nitrogens with zero attached hydrogens (tertiary/aromatic N) is 2. The molecule has 0 amide bonds. The highest BCUT2D eigenvalue weighted by atomic mass is 16.3. The predicted octanol–water partition coefficient (Wildman–Crippen LogP) is 1.81. The zero-order valence-corrected chi connectivity index (χ0v) is 12.4. The Morgan fingerprint density at radius 1 is 1.11 bits per heavy atom. The maximum absolute atomic E-state index is 10.2. The SMILES string of the molecule is CC1CCN(CC(O)CN2CCC(C)(C)C2)CC1. The first kappa shape index (κ1) is 14.3. The van der Waals surface area contributed by atoms with Crippen LogP contribution in [-0.4, -0.2) is 60.3 Å². The average Bonchev–Trinajstić information content (AvgIpc) is 2.61. The van der Waals surface area contributed by atoms with Gasteiger partial charge in [0.05, 0.1) is 6.10 Å². The van der Waals surface area contributed by atoms with E-state index in [0.29, 0.717) is 5.41 Å². The van der Waals surface area contributed by atoms with E-state index < -0.39 is 0 Å². The second kappa shape index (κ2) is 5.89. The molecule has 18 heavy (non-hydrogen) atoms. The fourth-order valence-corrected chi connectivity index (χ4v) is 3.28. The molecule has 0 aromatic heterocycles. The topological polar surface area (TPSA) is 26.7 Å². The zero-order chi connectivity index (χ0) is 13.2. The first-order chi connectivity index (χ1) is 8.44. The van der Waals surface area contributed by atoms with Crippen LogP contribution in [0.4, 0.5) is 0 Å². The van der Waals surface area contributed by atoms with Crippen LogP contribution in [0.5, 0.6) is 0 Å². The predicted molar refractivity (Wildman–Crippen MR) is 75.7 cm³/mol. The second-order valence-corrected chi connectivity index (χ2v) is 7.29. The van der Waals surface area contributed by atoms with Gasteiger partial charge in [-0.25, -0.2) is 0 Å². The van der Waals surface area contributed by atoms with Crippen LogP contribution < -0.4 is 0 Å². The van der Waals surface area contributed by atoms with Gasteiger partial charge in [-0.05, 0) is 50.2 Å². The summed E-state index contributed by atoms with van der Waals surface area (Å²) in [5.74, 6) is 0.873. The van der Waals surface area contributed by atoms with E-state index in [0.717, 1.165) is 32.1 Å². The second-order valence-electron chi connectivity index (χ2n) is 7.29. The maximum atomic E-state index is 10.2. The fourth-order valence-electron chi connectivity index (χ4n) is 3.28. The minimum Gasteiger partial charge on any atom is -0.390 e. The Bertz CT molecular complexity index is 259. The van der Waals surface area contributed by atoms with E-state index in [9.17, 15) is 5.11 Å². The summed E-state index contributed by atoms with van der Waals surface area (Å²) in [6, 6.07) is 0. The van der Waals surface area contributed by atoms with Crippen molar-refractivity contribution in [2.45, 2.75) is 46.1 Å². The minimum atomic E-state index is -0.174. The number of β-amino-alcohol motifs (C(OH)–C–C–N with tert-alkyl or cyclic N) is 1. The fraction of sp³-hybridized carbons (Fsp3) is 1.00. The molecule has 0 spiro atoms. The Balaban J connectivity index is 1.68. The van der Waals surface area contributed by atoms with E-state index >= 15 is 0 Å². The number of hydrogen-bond donors (Lipinski definition) is 1.